The van der Waals surface area contributed by atoms with Crippen molar-refractivity contribution in [1.82, 2.24) is 0 Å². The van der Waals surface area contributed by atoms with Crippen LogP contribution in [0.4, 0.5) is 0 Å². The quantitative estimate of drug-likeness (QED) is 0.496. The summed E-state index contributed by atoms with van der Waals surface area (Å²) >= 11 is 4.63. The number of aliphatic hydroxyl groups excluding tert-OH is 2. The summed E-state index contributed by atoms with van der Waals surface area (Å²) in [6.45, 7) is 1.58. The maximum atomic E-state index is 13.2. The second-order valence-electron chi connectivity index (χ2n) is 7.88. The number of rotatable bonds is 6. The van der Waals surface area contributed by atoms with E-state index in [2.05, 4.69) is 0 Å². The van der Waals surface area contributed by atoms with Crippen molar-refractivity contribution in [2.45, 2.75) is 60.8 Å². The minimum absolute atomic E-state index is 0.181. The smallest absolute Gasteiger partial charge is 0.338 e. The highest BCUT2D eigenvalue weighted by atomic mass is 35.5. The number of carbonyl (C=O) groups is 1. The van der Waals surface area contributed by atoms with Gasteiger partial charge >= 0.3 is 5.97 Å². The monoisotopic (exact) mass is 456 g/mol. The molecule has 1 aliphatic heterocycles. The molecule has 4 rings (SSSR count). The Kier molecular flexibility index (Phi) is 6.20. The van der Waals surface area contributed by atoms with Gasteiger partial charge in [0.1, 0.15) is 22.7 Å². The third-order valence-electron chi connectivity index (χ3n) is 5.84. The van der Waals surface area contributed by atoms with Crippen LogP contribution < -0.4 is 0 Å². The summed E-state index contributed by atoms with van der Waals surface area (Å²) in [5.41, 5.74) is 0.114. The Labute approximate surface area is 183 Å². The molecule has 1 saturated heterocycles. The topological polar surface area (TPSA) is 108 Å². The van der Waals surface area contributed by atoms with E-state index in [1.807, 2.05) is 6.07 Å². The van der Waals surface area contributed by atoms with Crippen LogP contribution >= 0.6 is 11.6 Å². The molecule has 7 nitrogen and oxygen atoms in total. The van der Waals surface area contributed by atoms with Crippen LogP contribution in [0.3, 0.4) is 0 Å². The van der Waals surface area contributed by atoms with Crippen LogP contribution in [0.25, 0.3) is 0 Å². The van der Waals surface area contributed by atoms with Crippen molar-refractivity contribution in [2.75, 3.05) is 13.2 Å². The van der Waals surface area contributed by atoms with E-state index in [0.29, 0.717) is 24.3 Å². The van der Waals surface area contributed by atoms with Crippen molar-refractivity contribution in [3.63, 3.8) is 0 Å². The summed E-state index contributed by atoms with van der Waals surface area (Å²) in [7, 11) is 0. The lowest BCUT2D eigenvalue weighted by Gasteiger charge is -2.34. The Bertz CT molecular complexity index is 848. The lowest BCUT2D eigenvalue weighted by atomic mass is 9.94. The molecule has 6 atom stereocenters. The largest absolute Gasteiger partial charge is 0.616 e. The fourth-order valence-corrected chi connectivity index (χ4v) is 6.03. The average Bonchev–Trinajstić information content (AvgIpc) is 3.23. The molecule has 3 aliphatic rings. The first-order valence-electron chi connectivity index (χ1n) is 10.0. The lowest BCUT2D eigenvalue weighted by Crippen LogP contribution is -2.41. The molecule has 1 saturated carbocycles. The van der Waals surface area contributed by atoms with E-state index in [4.69, 9.17) is 25.8 Å². The van der Waals surface area contributed by atoms with Crippen LogP contribution in [0.15, 0.2) is 35.9 Å². The molecule has 1 aromatic rings. The van der Waals surface area contributed by atoms with E-state index in [1.54, 1.807) is 25.1 Å². The first-order valence-corrected chi connectivity index (χ1v) is 11.8. The maximum absolute atomic E-state index is 13.2. The standard InChI is InChI=1S/C21H25ClO7S/c1-2-27-19(25)15-9-20(28-18(11-23)21(29-20)10-17(21)24)7-6-16(15)30(26)12-13-4-3-5-14(22)8-13/h3-5,8-9,16-18,23-24H,2,6-7,10-12H2,1H3/t16?,17?,18-,20?,21-,30?/m0/s1. The van der Waals surface area contributed by atoms with E-state index in [0.717, 1.165) is 5.56 Å². The van der Waals surface area contributed by atoms with E-state index in [9.17, 15) is 19.6 Å². The molecule has 0 radical (unpaired) electrons. The third kappa shape index (κ3) is 4.02. The Balaban J connectivity index is 1.59. The molecular weight excluding hydrogens is 432 g/mol. The maximum Gasteiger partial charge on any atom is 0.338 e. The highest BCUT2D eigenvalue weighted by Crippen LogP contribution is 2.55. The summed E-state index contributed by atoms with van der Waals surface area (Å²) in [4.78, 5) is 12.7. The molecule has 2 aliphatic carbocycles. The second-order valence-corrected chi connectivity index (χ2v) is 9.94. The highest BCUT2D eigenvalue weighted by molar-refractivity contribution is 7.91. The van der Waals surface area contributed by atoms with Gasteiger partial charge in [0.2, 0.25) is 0 Å². The Morgan fingerprint density at radius 3 is 2.83 bits per heavy atom. The number of hydrogen-bond donors (Lipinski definition) is 2. The molecule has 0 amide bonds. The predicted molar refractivity (Wildman–Crippen MR) is 110 cm³/mol. The first-order chi connectivity index (χ1) is 14.3. The molecule has 1 heterocycles. The number of carbonyl (C=O) groups excluding carboxylic acids is 1. The zero-order chi connectivity index (χ0) is 21.5. The molecule has 2 spiro atoms. The highest BCUT2D eigenvalue weighted by Gasteiger charge is 2.70. The van der Waals surface area contributed by atoms with Crippen LogP contribution in [0, 0.1) is 0 Å². The van der Waals surface area contributed by atoms with Crippen LogP contribution in [-0.2, 0) is 35.9 Å². The molecule has 0 aromatic heterocycles. The molecule has 9 heteroatoms. The van der Waals surface area contributed by atoms with Gasteiger partial charge in [-0.25, -0.2) is 4.79 Å². The second kappa shape index (κ2) is 8.43. The van der Waals surface area contributed by atoms with Crippen molar-refractivity contribution in [3.8, 4) is 0 Å². The van der Waals surface area contributed by atoms with Crippen molar-refractivity contribution in [1.29, 1.82) is 0 Å². The van der Waals surface area contributed by atoms with Gasteiger partial charge in [0.05, 0.1) is 24.9 Å². The van der Waals surface area contributed by atoms with Gasteiger partial charge in [0.25, 0.3) is 0 Å². The minimum atomic E-state index is -1.40. The summed E-state index contributed by atoms with van der Waals surface area (Å²) in [6, 6.07) is 7.14. The van der Waals surface area contributed by atoms with Crippen LogP contribution in [0.2, 0.25) is 5.02 Å². The molecule has 0 bridgehead atoms. The number of hydrogen-bond acceptors (Lipinski definition) is 7. The number of halogens is 1. The molecule has 1 aromatic carbocycles. The Morgan fingerprint density at radius 1 is 1.47 bits per heavy atom. The van der Waals surface area contributed by atoms with E-state index >= 15 is 0 Å². The molecule has 30 heavy (non-hydrogen) atoms. The van der Waals surface area contributed by atoms with Gasteiger partial charge in [-0.3, -0.25) is 0 Å². The van der Waals surface area contributed by atoms with Crippen molar-refractivity contribution >= 4 is 28.7 Å². The van der Waals surface area contributed by atoms with Crippen molar-refractivity contribution in [3.05, 3.63) is 46.5 Å². The first kappa shape index (κ1) is 22.1. The predicted octanol–water partition coefficient (Wildman–Crippen LogP) is 1.85. The van der Waals surface area contributed by atoms with Gasteiger partial charge < -0.3 is 29.0 Å². The lowest BCUT2D eigenvalue weighted by molar-refractivity contribution is -0.157. The molecular formula is C21H25ClO7S. The fraction of sp³-hybridized carbons (Fsp3) is 0.571. The van der Waals surface area contributed by atoms with Gasteiger partial charge in [-0.1, -0.05) is 23.7 Å². The van der Waals surface area contributed by atoms with Crippen LogP contribution in [0.1, 0.15) is 31.7 Å². The fourth-order valence-electron chi connectivity index (χ4n) is 4.28. The average molecular weight is 457 g/mol. The van der Waals surface area contributed by atoms with Crippen LogP contribution in [0.5, 0.6) is 0 Å². The number of ether oxygens (including phenoxy) is 3. The van der Waals surface area contributed by atoms with Gasteiger partial charge in [-0.2, -0.15) is 0 Å². The molecule has 2 N–H and O–H groups in total. The van der Waals surface area contributed by atoms with E-state index in [-0.39, 0.29) is 24.5 Å². The third-order valence-corrected chi connectivity index (χ3v) is 7.81. The Morgan fingerprint density at radius 2 is 2.23 bits per heavy atom. The molecule has 4 unspecified atom stereocenters. The number of benzene rings is 1. The molecule has 2 fully saturated rings. The van der Waals surface area contributed by atoms with E-state index < -0.39 is 46.0 Å². The van der Waals surface area contributed by atoms with Crippen molar-refractivity contribution < 1.29 is 33.8 Å². The van der Waals surface area contributed by atoms with Crippen molar-refractivity contribution in [2.24, 2.45) is 0 Å². The zero-order valence-electron chi connectivity index (χ0n) is 16.6. The summed E-state index contributed by atoms with van der Waals surface area (Å²) in [5.74, 6) is -1.56. The zero-order valence-corrected chi connectivity index (χ0v) is 18.2. The SMILES string of the molecule is CCOC(=O)C1=CC2(CCC1[S+]([O-])Cc1cccc(Cl)c1)O[C@@H](CO)[C@@]1(CC1O)O2. The van der Waals surface area contributed by atoms with E-state index in [1.165, 1.54) is 6.08 Å². The normalized spacial score (nSPS) is 36.0. The number of aliphatic hydroxyl groups is 2. The van der Waals surface area contributed by atoms with Gasteiger partial charge in [-0.15, -0.1) is 0 Å². The number of esters is 1. The summed E-state index contributed by atoms with van der Waals surface area (Å²) in [6.07, 6.45) is 1.24. The van der Waals surface area contributed by atoms with Gasteiger partial charge in [0, 0.05) is 29.8 Å². The molecule has 164 valence electrons. The summed E-state index contributed by atoms with van der Waals surface area (Å²) < 4.78 is 30.4. The minimum Gasteiger partial charge on any atom is -0.616 e. The van der Waals surface area contributed by atoms with Crippen LogP contribution in [-0.4, -0.2) is 62.8 Å². The van der Waals surface area contributed by atoms with Gasteiger partial charge in [0.15, 0.2) is 5.79 Å². The van der Waals surface area contributed by atoms with Gasteiger partial charge in [-0.05, 0) is 36.3 Å². The summed E-state index contributed by atoms with van der Waals surface area (Å²) in [5, 5.41) is 19.7. The Hall–Kier alpha value is -1.13.